The van der Waals surface area contributed by atoms with Gasteiger partial charge in [0, 0.05) is 25.4 Å². The van der Waals surface area contributed by atoms with Crippen LogP contribution >= 0.6 is 0 Å². The minimum absolute atomic E-state index is 0.102. The highest BCUT2D eigenvalue weighted by atomic mass is 16.5. The van der Waals surface area contributed by atoms with Crippen molar-refractivity contribution >= 4 is 11.6 Å². The van der Waals surface area contributed by atoms with E-state index in [1.54, 1.807) is 0 Å². The van der Waals surface area contributed by atoms with Crippen LogP contribution in [0.25, 0.3) is 0 Å². The summed E-state index contributed by atoms with van der Waals surface area (Å²) in [4.78, 5) is 14.3. The molecule has 4 heteroatoms. The number of anilines is 1. The summed E-state index contributed by atoms with van der Waals surface area (Å²) >= 11 is 0. The highest BCUT2D eigenvalue weighted by Gasteiger charge is 2.23. The summed E-state index contributed by atoms with van der Waals surface area (Å²) in [7, 11) is 0. The van der Waals surface area contributed by atoms with E-state index in [1.807, 2.05) is 29.2 Å². The maximum atomic E-state index is 12.5. The zero-order valence-corrected chi connectivity index (χ0v) is 12.2. The number of nitrogens with two attached hydrogens (primary N) is 1. The predicted molar refractivity (Wildman–Crippen MR) is 80.6 cm³/mol. The van der Waals surface area contributed by atoms with Gasteiger partial charge in [0.05, 0.1) is 12.5 Å². The van der Waals surface area contributed by atoms with Gasteiger partial charge in [-0.3, -0.25) is 4.79 Å². The number of carbonyl (C=O) groups is 1. The Labute approximate surface area is 120 Å². The third-order valence-electron chi connectivity index (χ3n) is 3.66. The minimum atomic E-state index is 0.102. The Balaban J connectivity index is 2.05. The van der Waals surface area contributed by atoms with Crippen LogP contribution in [0.4, 0.5) is 5.69 Å². The van der Waals surface area contributed by atoms with Crippen LogP contribution in [0.15, 0.2) is 24.3 Å². The molecule has 1 heterocycles. The lowest BCUT2D eigenvalue weighted by molar-refractivity contribution is -0.120. The van der Waals surface area contributed by atoms with Crippen LogP contribution in [0.2, 0.25) is 0 Å². The van der Waals surface area contributed by atoms with Gasteiger partial charge in [-0.05, 0) is 37.0 Å². The normalized spacial score (nSPS) is 18.2. The number of nitrogens with zero attached hydrogens (tertiary/aromatic N) is 1. The molecule has 1 aliphatic rings. The van der Waals surface area contributed by atoms with E-state index >= 15 is 0 Å². The van der Waals surface area contributed by atoms with Crippen molar-refractivity contribution in [3.8, 4) is 0 Å². The van der Waals surface area contributed by atoms with Crippen LogP contribution in [-0.2, 0) is 16.1 Å². The van der Waals surface area contributed by atoms with Gasteiger partial charge in [-0.25, -0.2) is 0 Å². The van der Waals surface area contributed by atoms with E-state index in [0.717, 1.165) is 43.7 Å². The fourth-order valence-corrected chi connectivity index (χ4v) is 2.54. The smallest absolute Gasteiger partial charge is 0.229 e. The van der Waals surface area contributed by atoms with Crippen molar-refractivity contribution in [3.63, 3.8) is 0 Å². The van der Waals surface area contributed by atoms with Gasteiger partial charge >= 0.3 is 0 Å². The van der Waals surface area contributed by atoms with Crippen molar-refractivity contribution in [1.82, 2.24) is 0 Å². The van der Waals surface area contributed by atoms with Crippen LogP contribution in [0, 0.1) is 0 Å². The molecule has 0 bridgehead atoms. The molecule has 1 aliphatic heterocycles. The second-order valence-corrected chi connectivity index (χ2v) is 5.26. The molecule has 0 saturated carbocycles. The molecule has 1 amide bonds. The number of amides is 1. The third kappa shape index (κ3) is 3.81. The first-order chi connectivity index (χ1) is 9.74. The Hall–Kier alpha value is -1.39. The summed E-state index contributed by atoms with van der Waals surface area (Å²) in [5.41, 5.74) is 7.64. The summed E-state index contributed by atoms with van der Waals surface area (Å²) in [5, 5.41) is 0. The van der Waals surface area contributed by atoms with Crippen molar-refractivity contribution in [1.29, 1.82) is 0 Å². The lowest BCUT2D eigenvalue weighted by atomic mass is 10.1. The van der Waals surface area contributed by atoms with Gasteiger partial charge in [-0.2, -0.15) is 0 Å². The van der Waals surface area contributed by atoms with Gasteiger partial charge in [-0.15, -0.1) is 0 Å². The van der Waals surface area contributed by atoms with E-state index in [9.17, 15) is 4.79 Å². The monoisotopic (exact) mass is 276 g/mol. The van der Waals surface area contributed by atoms with Crippen molar-refractivity contribution in [2.45, 2.75) is 45.3 Å². The zero-order valence-electron chi connectivity index (χ0n) is 12.2. The summed E-state index contributed by atoms with van der Waals surface area (Å²) in [6, 6.07) is 7.92. The molecule has 1 saturated heterocycles. The van der Waals surface area contributed by atoms with E-state index in [1.165, 1.54) is 0 Å². The van der Waals surface area contributed by atoms with Crippen LogP contribution in [-0.4, -0.2) is 25.2 Å². The van der Waals surface area contributed by atoms with Crippen molar-refractivity contribution < 1.29 is 9.53 Å². The summed E-state index contributed by atoms with van der Waals surface area (Å²) in [5.74, 6) is 0.152. The number of hydrogen-bond acceptors (Lipinski definition) is 3. The molecule has 0 radical (unpaired) electrons. The number of carbonyl (C=O) groups excluding carboxylic acids is 1. The third-order valence-corrected chi connectivity index (χ3v) is 3.66. The van der Waals surface area contributed by atoms with Gasteiger partial charge in [-0.1, -0.05) is 19.1 Å². The Kier molecular flexibility index (Phi) is 5.56. The Morgan fingerprint density at radius 2 is 2.15 bits per heavy atom. The Morgan fingerprint density at radius 1 is 1.40 bits per heavy atom. The zero-order chi connectivity index (χ0) is 14.4. The molecule has 4 nitrogen and oxygen atoms in total. The summed E-state index contributed by atoms with van der Waals surface area (Å²) < 4.78 is 5.56. The molecule has 0 aliphatic carbocycles. The number of benzene rings is 1. The second kappa shape index (κ2) is 7.41. The Morgan fingerprint density at radius 3 is 2.70 bits per heavy atom. The van der Waals surface area contributed by atoms with Gasteiger partial charge in [0.2, 0.25) is 5.91 Å². The minimum Gasteiger partial charge on any atom is -0.378 e. The molecule has 110 valence electrons. The number of rotatable bonds is 6. The molecule has 1 fully saturated rings. The predicted octanol–water partition coefficient (Wildman–Crippen LogP) is 2.46. The molecule has 2 N–H and O–H groups in total. The first kappa shape index (κ1) is 15.0. The largest absolute Gasteiger partial charge is 0.378 e. The first-order valence-corrected chi connectivity index (χ1v) is 7.45. The summed E-state index contributed by atoms with van der Waals surface area (Å²) in [6.45, 7) is 4.14. The van der Waals surface area contributed by atoms with Crippen LogP contribution in [0.5, 0.6) is 0 Å². The Bertz CT molecular complexity index is 425. The van der Waals surface area contributed by atoms with E-state index < -0.39 is 0 Å². The first-order valence-electron chi connectivity index (χ1n) is 7.45. The number of hydrogen-bond donors (Lipinski definition) is 1. The molecule has 0 aromatic heterocycles. The molecular formula is C16H24N2O2. The molecule has 1 unspecified atom stereocenters. The van der Waals surface area contributed by atoms with E-state index in [2.05, 4.69) is 6.92 Å². The average molecular weight is 276 g/mol. The van der Waals surface area contributed by atoms with Gasteiger partial charge in [0.15, 0.2) is 0 Å². The molecule has 20 heavy (non-hydrogen) atoms. The molecule has 1 atom stereocenters. The van der Waals surface area contributed by atoms with Gasteiger partial charge in [0.25, 0.3) is 0 Å². The van der Waals surface area contributed by atoms with Gasteiger partial charge in [0.1, 0.15) is 0 Å². The van der Waals surface area contributed by atoms with Crippen LogP contribution in [0.3, 0.4) is 0 Å². The maximum absolute atomic E-state index is 12.5. The highest BCUT2D eigenvalue weighted by Crippen LogP contribution is 2.21. The van der Waals surface area contributed by atoms with E-state index in [4.69, 9.17) is 10.5 Å². The molecule has 1 aromatic carbocycles. The fraction of sp³-hybridized carbons (Fsp3) is 0.562. The second-order valence-electron chi connectivity index (χ2n) is 5.26. The van der Waals surface area contributed by atoms with E-state index in [-0.39, 0.29) is 12.0 Å². The van der Waals surface area contributed by atoms with Crippen molar-refractivity contribution in [2.75, 3.05) is 18.1 Å². The lowest BCUT2D eigenvalue weighted by Crippen LogP contribution is -2.34. The highest BCUT2D eigenvalue weighted by molar-refractivity contribution is 5.93. The maximum Gasteiger partial charge on any atom is 0.229 e. The molecule has 2 rings (SSSR count). The fourth-order valence-electron chi connectivity index (χ4n) is 2.54. The van der Waals surface area contributed by atoms with Gasteiger partial charge < -0.3 is 15.4 Å². The standard InChI is InChI=1S/C16H24N2O2/c1-2-9-18(14-7-5-13(12-17)6-8-14)16(19)11-15-4-3-10-20-15/h5-8,15H,2-4,9-12,17H2,1H3. The van der Waals surface area contributed by atoms with Crippen molar-refractivity contribution in [2.24, 2.45) is 5.73 Å². The SMILES string of the molecule is CCCN(C(=O)CC1CCCO1)c1ccc(CN)cc1. The molecular weight excluding hydrogens is 252 g/mol. The van der Waals surface area contributed by atoms with Crippen molar-refractivity contribution in [3.05, 3.63) is 29.8 Å². The van der Waals surface area contributed by atoms with Crippen LogP contribution < -0.4 is 10.6 Å². The molecule has 0 spiro atoms. The van der Waals surface area contributed by atoms with E-state index in [0.29, 0.717) is 13.0 Å². The molecule has 1 aromatic rings. The number of ether oxygens (including phenoxy) is 1. The lowest BCUT2D eigenvalue weighted by Gasteiger charge is -2.24. The average Bonchev–Trinajstić information content (AvgIpc) is 2.97. The topological polar surface area (TPSA) is 55.6 Å². The van der Waals surface area contributed by atoms with Crippen LogP contribution in [0.1, 0.15) is 38.2 Å². The quantitative estimate of drug-likeness (QED) is 0.868. The summed E-state index contributed by atoms with van der Waals surface area (Å²) in [6.07, 6.45) is 3.59.